The van der Waals surface area contributed by atoms with Crippen LogP contribution in [-0.2, 0) is 0 Å². The molecule has 6 nitrogen and oxygen atoms in total. The first-order chi connectivity index (χ1) is 11.1. The van der Waals surface area contributed by atoms with Crippen molar-refractivity contribution in [3.8, 4) is 0 Å². The fourth-order valence-electron chi connectivity index (χ4n) is 1.67. The molecule has 0 aromatic heterocycles. The highest BCUT2D eigenvalue weighted by atomic mass is 79.9. The number of carbonyl (C=O) groups excluding carboxylic acids is 1. The number of hydrogen-bond donors (Lipinski definition) is 1. The Morgan fingerprint density at radius 1 is 1.13 bits per heavy atom. The van der Waals surface area contributed by atoms with E-state index in [2.05, 4.69) is 26.5 Å². The van der Waals surface area contributed by atoms with Gasteiger partial charge in [-0.05, 0) is 48.0 Å². The Kier molecular flexibility index (Phi) is 5.76. The summed E-state index contributed by atoms with van der Waals surface area (Å²) in [7, 11) is 0. The van der Waals surface area contributed by atoms with E-state index in [1.807, 2.05) is 0 Å². The summed E-state index contributed by atoms with van der Waals surface area (Å²) in [6, 6.07) is 13.0. The van der Waals surface area contributed by atoms with Crippen molar-refractivity contribution < 1.29 is 9.72 Å². The Hall–Kier alpha value is -2.80. The first-order valence-electron chi connectivity index (χ1n) is 6.56. The number of nitrogens with one attached hydrogen (secondary N) is 1. The van der Waals surface area contributed by atoms with E-state index in [1.54, 1.807) is 48.6 Å². The molecule has 0 aliphatic rings. The average molecular weight is 374 g/mol. The third-order valence-electron chi connectivity index (χ3n) is 2.83. The number of carbonyl (C=O) groups is 1. The summed E-state index contributed by atoms with van der Waals surface area (Å²) in [5, 5.41) is 14.3. The highest BCUT2D eigenvalue weighted by molar-refractivity contribution is 9.10. The highest BCUT2D eigenvalue weighted by Crippen LogP contribution is 2.12. The van der Waals surface area contributed by atoms with Gasteiger partial charge in [-0.25, -0.2) is 5.43 Å². The van der Waals surface area contributed by atoms with E-state index in [4.69, 9.17) is 0 Å². The number of hydrogen-bond acceptors (Lipinski definition) is 4. The maximum absolute atomic E-state index is 11.8. The number of hydrazone groups is 1. The van der Waals surface area contributed by atoms with Gasteiger partial charge in [-0.3, -0.25) is 14.9 Å². The van der Waals surface area contributed by atoms with E-state index in [1.165, 1.54) is 18.3 Å². The predicted molar refractivity (Wildman–Crippen MR) is 92.2 cm³/mol. The largest absolute Gasteiger partial charge is 0.271 e. The Labute approximate surface area is 140 Å². The lowest BCUT2D eigenvalue weighted by atomic mass is 10.2. The molecule has 1 N–H and O–H groups in total. The lowest BCUT2D eigenvalue weighted by Gasteiger charge is -1.98. The van der Waals surface area contributed by atoms with Crippen molar-refractivity contribution in [3.63, 3.8) is 0 Å². The number of rotatable bonds is 5. The molecule has 0 saturated carbocycles. The van der Waals surface area contributed by atoms with E-state index >= 15 is 0 Å². The van der Waals surface area contributed by atoms with Gasteiger partial charge in [0.2, 0.25) is 0 Å². The number of non-ortho nitro benzene ring substituents is 1. The molecular formula is C16H12BrN3O3. The molecule has 0 saturated heterocycles. The summed E-state index contributed by atoms with van der Waals surface area (Å²) in [5.41, 5.74) is 3.74. The van der Waals surface area contributed by atoms with Gasteiger partial charge in [-0.2, -0.15) is 5.10 Å². The maximum atomic E-state index is 11.8. The van der Waals surface area contributed by atoms with Gasteiger partial charge in [0.25, 0.3) is 11.6 Å². The number of nitrogens with zero attached hydrogens (tertiary/aromatic N) is 2. The summed E-state index contributed by atoms with van der Waals surface area (Å²) < 4.78 is 0.892. The summed E-state index contributed by atoms with van der Waals surface area (Å²) in [6.07, 6.45) is 4.78. The van der Waals surface area contributed by atoms with Crippen molar-refractivity contribution in [1.29, 1.82) is 0 Å². The molecule has 0 atom stereocenters. The van der Waals surface area contributed by atoms with Gasteiger partial charge in [-0.1, -0.05) is 22.0 Å². The second-order valence-electron chi connectivity index (χ2n) is 4.43. The van der Waals surface area contributed by atoms with Crippen molar-refractivity contribution in [1.82, 2.24) is 5.43 Å². The fourth-order valence-corrected chi connectivity index (χ4v) is 1.93. The van der Waals surface area contributed by atoms with Gasteiger partial charge in [0.1, 0.15) is 0 Å². The molecule has 23 heavy (non-hydrogen) atoms. The number of allylic oxidation sites excluding steroid dienone is 1. The molecule has 0 spiro atoms. The van der Waals surface area contributed by atoms with Gasteiger partial charge in [0.15, 0.2) is 0 Å². The summed E-state index contributed by atoms with van der Waals surface area (Å²) >= 11 is 3.29. The van der Waals surface area contributed by atoms with Gasteiger partial charge >= 0.3 is 0 Å². The van der Waals surface area contributed by atoms with E-state index in [0.29, 0.717) is 5.56 Å². The molecule has 0 fully saturated rings. The molecule has 0 aliphatic carbocycles. The Morgan fingerprint density at radius 2 is 1.78 bits per heavy atom. The van der Waals surface area contributed by atoms with Crippen molar-refractivity contribution in [3.05, 3.63) is 80.3 Å². The number of nitro groups is 1. The molecule has 0 radical (unpaired) electrons. The van der Waals surface area contributed by atoms with Gasteiger partial charge in [-0.15, -0.1) is 0 Å². The Morgan fingerprint density at radius 3 is 2.39 bits per heavy atom. The topological polar surface area (TPSA) is 84.6 Å². The van der Waals surface area contributed by atoms with Crippen LogP contribution < -0.4 is 5.43 Å². The zero-order valence-corrected chi connectivity index (χ0v) is 13.4. The Bertz CT molecular complexity index is 753. The summed E-state index contributed by atoms with van der Waals surface area (Å²) in [4.78, 5) is 21.8. The molecule has 0 aliphatic heterocycles. The summed E-state index contributed by atoms with van der Waals surface area (Å²) in [5.74, 6) is -0.308. The second-order valence-corrected chi connectivity index (χ2v) is 5.35. The Balaban J connectivity index is 1.87. The molecule has 2 rings (SSSR count). The smallest absolute Gasteiger partial charge is 0.267 e. The second kappa shape index (κ2) is 8.00. The molecule has 1 amide bonds. The van der Waals surface area contributed by atoms with Crippen molar-refractivity contribution in [2.45, 2.75) is 0 Å². The normalized spacial score (nSPS) is 11.0. The maximum Gasteiger partial charge on any atom is 0.271 e. The number of benzene rings is 2. The van der Waals surface area contributed by atoms with Crippen LogP contribution in [0, 0.1) is 10.1 Å². The predicted octanol–water partition coefficient (Wildman–Crippen LogP) is 3.79. The monoisotopic (exact) mass is 373 g/mol. The van der Waals surface area contributed by atoms with E-state index in [-0.39, 0.29) is 11.6 Å². The summed E-state index contributed by atoms with van der Waals surface area (Å²) in [6.45, 7) is 0. The molecule has 0 heterocycles. The first kappa shape index (κ1) is 16.6. The fraction of sp³-hybridized carbons (Fsp3) is 0. The third-order valence-corrected chi connectivity index (χ3v) is 3.35. The number of nitro benzene ring substituents is 1. The molecule has 2 aromatic carbocycles. The third kappa shape index (κ3) is 5.15. The van der Waals surface area contributed by atoms with Crippen molar-refractivity contribution in [2.24, 2.45) is 5.10 Å². The van der Waals surface area contributed by atoms with Crippen LogP contribution in [0.4, 0.5) is 5.69 Å². The van der Waals surface area contributed by atoms with Crippen LogP contribution in [0.5, 0.6) is 0 Å². The zero-order chi connectivity index (χ0) is 16.7. The minimum absolute atomic E-state index is 0.0394. The van der Waals surface area contributed by atoms with Gasteiger partial charge < -0.3 is 0 Å². The lowest BCUT2D eigenvalue weighted by Crippen LogP contribution is -2.17. The zero-order valence-electron chi connectivity index (χ0n) is 11.8. The first-order valence-corrected chi connectivity index (χ1v) is 7.35. The molecule has 0 bridgehead atoms. The molecule has 116 valence electrons. The van der Waals surface area contributed by atoms with E-state index in [0.717, 1.165) is 10.0 Å². The van der Waals surface area contributed by atoms with Crippen LogP contribution >= 0.6 is 15.9 Å². The SMILES string of the molecule is O=C(N/N=C/C=C/c1ccc([N+](=O)[O-])cc1)c1ccc(Br)cc1. The van der Waals surface area contributed by atoms with Gasteiger partial charge in [0.05, 0.1) is 4.92 Å². The lowest BCUT2D eigenvalue weighted by molar-refractivity contribution is -0.384. The van der Waals surface area contributed by atoms with Gasteiger partial charge in [0, 0.05) is 28.4 Å². The number of amides is 1. The average Bonchev–Trinajstić information content (AvgIpc) is 2.55. The van der Waals surface area contributed by atoms with Crippen molar-refractivity contribution >= 4 is 39.8 Å². The van der Waals surface area contributed by atoms with Crippen LogP contribution in [0.2, 0.25) is 0 Å². The van der Waals surface area contributed by atoms with E-state index in [9.17, 15) is 14.9 Å². The molecule has 0 unspecified atom stereocenters. The minimum Gasteiger partial charge on any atom is -0.267 e. The van der Waals surface area contributed by atoms with Crippen LogP contribution in [0.1, 0.15) is 15.9 Å². The standard InChI is InChI=1S/C16H12BrN3O3/c17-14-7-5-13(6-8-14)16(21)19-18-11-1-2-12-3-9-15(10-4-12)20(22)23/h1-11H,(H,19,21)/b2-1+,18-11+. The minimum atomic E-state index is -0.452. The van der Waals surface area contributed by atoms with Crippen LogP contribution in [-0.4, -0.2) is 17.0 Å². The highest BCUT2D eigenvalue weighted by Gasteiger charge is 2.03. The van der Waals surface area contributed by atoms with Crippen molar-refractivity contribution in [2.75, 3.05) is 0 Å². The molecular weight excluding hydrogens is 362 g/mol. The number of halogens is 1. The van der Waals surface area contributed by atoms with Crippen LogP contribution in [0.3, 0.4) is 0 Å². The quantitative estimate of drug-likeness (QED) is 0.491. The van der Waals surface area contributed by atoms with Crippen LogP contribution in [0.15, 0.2) is 64.2 Å². The molecule has 2 aromatic rings. The van der Waals surface area contributed by atoms with E-state index < -0.39 is 4.92 Å². The van der Waals surface area contributed by atoms with Crippen LogP contribution in [0.25, 0.3) is 6.08 Å². The molecule has 7 heteroatoms.